The van der Waals surface area contributed by atoms with Gasteiger partial charge in [0, 0.05) is 12.1 Å². The molecule has 0 heterocycles. The van der Waals surface area contributed by atoms with E-state index in [1.807, 2.05) is 13.0 Å². The summed E-state index contributed by atoms with van der Waals surface area (Å²) in [5, 5.41) is 13.3. The fraction of sp³-hybridized carbons (Fsp3) is 0.385. The number of amides is 2. The van der Waals surface area contributed by atoms with Crippen LogP contribution in [0, 0.1) is 6.92 Å². The van der Waals surface area contributed by atoms with Crippen molar-refractivity contribution in [1.82, 2.24) is 10.6 Å². The molecule has 3 N–H and O–H groups in total. The Kier molecular flexibility index (Phi) is 6.05. The molecule has 7 heteroatoms. The Morgan fingerprint density at radius 1 is 1.30 bits per heavy atom. The van der Waals surface area contributed by atoms with Gasteiger partial charge in [0.15, 0.2) is 0 Å². The number of benzene rings is 1. The molecule has 110 valence electrons. The van der Waals surface area contributed by atoms with Crippen LogP contribution < -0.4 is 10.6 Å². The number of nitrogens with one attached hydrogen (secondary N) is 2. The predicted octanol–water partition coefficient (Wildman–Crippen LogP) is 0.467. The molecule has 0 aliphatic carbocycles. The van der Waals surface area contributed by atoms with E-state index < -0.39 is 30.9 Å². The lowest BCUT2D eigenvalue weighted by atomic mass is 10.1. The molecule has 0 fully saturated rings. The van der Waals surface area contributed by atoms with Gasteiger partial charge in [0.1, 0.15) is 6.10 Å². The second kappa shape index (κ2) is 7.54. The third kappa shape index (κ3) is 5.31. The number of aliphatic hydroxyl groups excluding tert-OH is 1. The summed E-state index contributed by atoms with van der Waals surface area (Å²) in [7, 11) is 0. The summed E-state index contributed by atoms with van der Waals surface area (Å²) >= 11 is 0. The number of alkyl halides is 2. The smallest absolute Gasteiger partial charge is 0.265 e. The lowest BCUT2D eigenvalue weighted by molar-refractivity contribution is -0.121. The first-order valence-electron chi connectivity index (χ1n) is 5.98. The van der Waals surface area contributed by atoms with Gasteiger partial charge in [-0.3, -0.25) is 9.59 Å². The summed E-state index contributed by atoms with van der Waals surface area (Å²) in [6, 6.07) is 6.80. The summed E-state index contributed by atoms with van der Waals surface area (Å²) in [5.41, 5.74) is 1.31. The second-order valence-electron chi connectivity index (χ2n) is 4.26. The maximum Gasteiger partial charge on any atom is 0.265 e. The molecule has 0 aliphatic heterocycles. The van der Waals surface area contributed by atoms with Crippen LogP contribution in [0.1, 0.15) is 15.9 Å². The van der Waals surface area contributed by atoms with E-state index in [1.54, 1.807) is 18.2 Å². The lowest BCUT2D eigenvalue weighted by Crippen LogP contribution is -2.41. The molecule has 0 bridgehead atoms. The molecule has 2 amide bonds. The third-order valence-electron chi connectivity index (χ3n) is 2.49. The number of carbonyl (C=O) groups excluding carboxylic acids is 2. The van der Waals surface area contributed by atoms with E-state index >= 15 is 0 Å². The van der Waals surface area contributed by atoms with Crippen LogP contribution in [0.3, 0.4) is 0 Å². The summed E-state index contributed by atoms with van der Waals surface area (Å²) in [5.74, 6) is -1.08. The van der Waals surface area contributed by atoms with Crippen LogP contribution in [0.25, 0.3) is 0 Å². The Labute approximate surface area is 115 Å². The van der Waals surface area contributed by atoms with E-state index in [0.29, 0.717) is 5.56 Å². The fourth-order valence-electron chi connectivity index (χ4n) is 1.42. The van der Waals surface area contributed by atoms with Crippen LogP contribution >= 0.6 is 0 Å². The average molecular weight is 286 g/mol. The zero-order chi connectivity index (χ0) is 15.1. The number of carbonyl (C=O) groups is 2. The van der Waals surface area contributed by atoms with Gasteiger partial charge in [-0.05, 0) is 19.1 Å². The van der Waals surface area contributed by atoms with Crippen LogP contribution in [0.2, 0.25) is 0 Å². The van der Waals surface area contributed by atoms with Gasteiger partial charge >= 0.3 is 0 Å². The SMILES string of the molecule is Cc1cccc(C(=O)NCC(=O)NCC(O)C(F)F)c1. The Bertz CT molecular complexity index is 480. The van der Waals surface area contributed by atoms with Crippen molar-refractivity contribution in [3.63, 3.8) is 0 Å². The van der Waals surface area contributed by atoms with Crippen molar-refractivity contribution in [1.29, 1.82) is 0 Å². The standard InChI is InChI=1S/C13H16F2N2O3/c1-8-3-2-4-9(5-8)13(20)17-7-11(19)16-6-10(18)12(14)15/h2-5,10,12,18H,6-7H2,1H3,(H,16,19)(H,17,20). The van der Waals surface area contributed by atoms with E-state index in [0.717, 1.165) is 5.56 Å². The van der Waals surface area contributed by atoms with Crippen molar-refractivity contribution in [2.45, 2.75) is 19.5 Å². The van der Waals surface area contributed by atoms with Crippen molar-refractivity contribution in [2.75, 3.05) is 13.1 Å². The van der Waals surface area contributed by atoms with Gasteiger partial charge in [-0.15, -0.1) is 0 Å². The zero-order valence-electron chi connectivity index (χ0n) is 10.9. The number of halogens is 2. The third-order valence-corrected chi connectivity index (χ3v) is 2.49. The Morgan fingerprint density at radius 2 is 2.00 bits per heavy atom. The molecular weight excluding hydrogens is 270 g/mol. The van der Waals surface area contributed by atoms with Crippen LogP contribution in [-0.2, 0) is 4.79 Å². The maximum atomic E-state index is 12.0. The fourth-order valence-corrected chi connectivity index (χ4v) is 1.42. The Balaban J connectivity index is 2.36. The lowest BCUT2D eigenvalue weighted by Gasteiger charge is -2.11. The van der Waals surface area contributed by atoms with Crippen LogP contribution in [0.4, 0.5) is 8.78 Å². The highest BCUT2D eigenvalue weighted by Crippen LogP contribution is 2.03. The maximum absolute atomic E-state index is 12.0. The number of aliphatic hydroxyl groups is 1. The van der Waals surface area contributed by atoms with E-state index in [2.05, 4.69) is 10.6 Å². The van der Waals surface area contributed by atoms with Crippen molar-refractivity contribution < 1.29 is 23.5 Å². The highest BCUT2D eigenvalue weighted by molar-refractivity contribution is 5.96. The van der Waals surface area contributed by atoms with Gasteiger partial charge in [-0.25, -0.2) is 8.78 Å². The van der Waals surface area contributed by atoms with E-state index in [4.69, 9.17) is 5.11 Å². The predicted molar refractivity (Wildman–Crippen MR) is 68.5 cm³/mol. The number of aryl methyl sites for hydroxylation is 1. The molecule has 0 spiro atoms. The quantitative estimate of drug-likeness (QED) is 0.711. The van der Waals surface area contributed by atoms with Gasteiger partial charge < -0.3 is 15.7 Å². The zero-order valence-corrected chi connectivity index (χ0v) is 10.9. The van der Waals surface area contributed by atoms with Gasteiger partial charge in [0.05, 0.1) is 6.54 Å². The molecule has 1 aromatic carbocycles. The molecule has 5 nitrogen and oxygen atoms in total. The molecule has 1 aromatic rings. The van der Waals surface area contributed by atoms with E-state index in [1.165, 1.54) is 0 Å². The normalized spacial score (nSPS) is 12.1. The first-order valence-corrected chi connectivity index (χ1v) is 5.98. The average Bonchev–Trinajstić information content (AvgIpc) is 2.41. The molecule has 1 rings (SSSR count). The molecule has 0 aliphatic rings. The molecule has 0 radical (unpaired) electrons. The minimum absolute atomic E-state index is 0.345. The van der Waals surface area contributed by atoms with Gasteiger partial charge in [-0.2, -0.15) is 0 Å². The van der Waals surface area contributed by atoms with Gasteiger partial charge in [0.25, 0.3) is 12.3 Å². The Hall–Kier alpha value is -2.02. The summed E-state index contributed by atoms with van der Waals surface area (Å²) in [6.07, 6.45) is -4.83. The van der Waals surface area contributed by atoms with Gasteiger partial charge in [0.2, 0.25) is 5.91 Å². The summed E-state index contributed by atoms with van der Waals surface area (Å²) in [6.45, 7) is 0.925. The molecule has 0 saturated carbocycles. The van der Waals surface area contributed by atoms with Crippen LogP contribution in [-0.4, -0.2) is 42.5 Å². The number of rotatable bonds is 6. The first-order chi connectivity index (χ1) is 9.40. The van der Waals surface area contributed by atoms with Crippen molar-refractivity contribution in [2.24, 2.45) is 0 Å². The molecule has 1 unspecified atom stereocenters. The number of hydrogen-bond donors (Lipinski definition) is 3. The molecule has 0 saturated heterocycles. The molecule has 1 atom stereocenters. The first kappa shape index (κ1) is 16.0. The second-order valence-corrected chi connectivity index (χ2v) is 4.26. The minimum atomic E-state index is -2.92. The van der Waals surface area contributed by atoms with Gasteiger partial charge in [-0.1, -0.05) is 17.7 Å². The van der Waals surface area contributed by atoms with Crippen LogP contribution in [0.15, 0.2) is 24.3 Å². The van der Waals surface area contributed by atoms with Crippen molar-refractivity contribution in [3.05, 3.63) is 35.4 Å². The van der Waals surface area contributed by atoms with E-state index in [-0.39, 0.29) is 6.54 Å². The number of hydrogen-bond acceptors (Lipinski definition) is 3. The monoisotopic (exact) mass is 286 g/mol. The summed E-state index contributed by atoms with van der Waals surface area (Å²) < 4.78 is 24.0. The van der Waals surface area contributed by atoms with Crippen LogP contribution in [0.5, 0.6) is 0 Å². The van der Waals surface area contributed by atoms with Crippen molar-refractivity contribution >= 4 is 11.8 Å². The highest BCUT2D eigenvalue weighted by Gasteiger charge is 2.17. The van der Waals surface area contributed by atoms with E-state index in [9.17, 15) is 18.4 Å². The molecule has 0 aromatic heterocycles. The minimum Gasteiger partial charge on any atom is -0.385 e. The topological polar surface area (TPSA) is 78.4 Å². The largest absolute Gasteiger partial charge is 0.385 e. The van der Waals surface area contributed by atoms with Crippen molar-refractivity contribution in [3.8, 4) is 0 Å². The molecule has 20 heavy (non-hydrogen) atoms. The Morgan fingerprint density at radius 3 is 2.60 bits per heavy atom. The molecular formula is C13H16F2N2O3. The highest BCUT2D eigenvalue weighted by atomic mass is 19.3. The summed E-state index contributed by atoms with van der Waals surface area (Å²) in [4.78, 5) is 23.0.